The predicted molar refractivity (Wildman–Crippen MR) is 194 cm³/mol. The van der Waals surface area contributed by atoms with Crippen molar-refractivity contribution < 1.29 is 25.9 Å². The number of nitrogens with zero attached hydrogens (tertiary/aromatic N) is 8. The van der Waals surface area contributed by atoms with Crippen LogP contribution in [0, 0.1) is 0 Å². The maximum absolute atomic E-state index is 12.4. The Balaban J connectivity index is 1.67. The Hall–Kier alpha value is -5.70. The predicted octanol–water partition coefficient (Wildman–Crippen LogP) is 3.54. The summed E-state index contributed by atoms with van der Waals surface area (Å²) in [7, 11) is -2.61. The van der Waals surface area contributed by atoms with Crippen LogP contribution in [0.4, 0.5) is 47.1 Å². The van der Waals surface area contributed by atoms with Crippen LogP contribution in [0.5, 0.6) is 0 Å². The van der Waals surface area contributed by atoms with Crippen LogP contribution in [-0.2, 0) is 20.2 Å². The van der Waals surface area contributed by atoms with Crippen molar-refractivity contribution in [2.24, 2.45) is 0 Å². The molecule has 0 bridgehead atoms. The molecule has 2 aromatic carbocycles. The van der Waals surface area contributed by atoms with Gasteiger partial charge in [-0.3, -0.25) is 9.11 Å². The fourth-order valence-corrected chi connectivity index (χ4v) is 5.53. The Bertz CT molecular complexity index is 1990. The highest BCUT2D eigenvalue weighted by Crippen LogP contribution is 2.28. The van der Waals surface area contributed by atoms with Gasteiger partial charge in [0.25, 0.3) is 20.2 Å². The van der Waals surface area contributed by atoms with Crippen molar-refractivity contribution in [3.05, 3.63) is 72.8 Å². The number of hydrogen-bond donors (Lipinski definition) is 6. The Morgan fingerprint density at radius 3 is 1.30 bits per heavy atom. The molecule has 2 heterocycles. The first-order valence-electron chi connectivity index (χ1n) is 14.6. The van der Waals surface area contributed by atoms with Gasteiger partial charge in [-0.2, -0.15) is 46.7 Å². The normalized spacial score (nSPS) is 11.6. The van der Waals surface area contributed by atoms with Gasteiger partial charge < -0.3 is 31.1 Å². The van der Waals surface area contributed by atoms with Crippen molar-refractivity contribution >= 4 is 79.5 Å². The number of nitrogens with one attached hydrogen (secondary N) is 4. The monoisotopic (exact) mass is 724 g/mol. The van der Waals surface area contributed by atoms with Gasteiger partial charge >= 0.3 is 0 Å². The first-order chi connectivity index (χ1) is 23.6. The highest BCUT2D eigenvalue weighted by molar-refractivity contribution is 7.86. The van der Waals surface area contributed by atoms with Crippen LogP contribution in [-0.4, -0.2) is 97.1 Å². The lowest BCUT2D eigenvalue weighted by Gasteiger charge is -2.14. The second-order valence-corrected chi connectivity index (χ2v) is 13.5. The van der Waals surface area contributed by atoms with Crippen LogP contribution in [0.25, 0.3) is 12.2 Å². The molecule has 0 aliphatic heterocycles. The van der Waals surface area contributed by atoms with E-state index in [1.54, 1.807) is 50.1 Å². The number of hydrogen-bond acceptors (Lipinski definition) is 16. The lowest BCUT2D eigenvalue weighted by Crippen LogP contribution is -2.16. The molecule has 2 aromatic heterocycles. The Morgan fingerprint density at radius 1 is 0.620 bits per heavy atom. The molecular formula is C30H36N12O6S2. The van der Waals surface area contributed by atoms with Crippen LogP contribution in [0.3, 0.4) is 0 Å². The quantitative estimate of drug-likeness (QED) is 0.0550. The highest BCUT2D eigenvalue weighted by Gasteiger charge is 2.19. The Morgan fingerprint density at radius 2 is 0.980 bits per heavy atom. The molecule has 0 aliphatic rings. The average Bonchev–Trinajstić information content (AvgIpc) is 3.05. The van der Waals surface area contributed by atoms with E-state index in [1.807, 2.05) is 0 Å². The van der Waals surface area contributed by atoms with E-state index in [4.69, 9.17) is 0 Å². The third kappa shape index (κ3) is 9.92. The molecular weight excluding hydrogens is 689 g/mol. The minimum absolute atomic E-state index is 0.0143. The van der Waals surface area contributed by atoms with Gasteiger partial charge in [0.05, 0.1) is 0 Å². The molecule has 6 N–H and O–H groups in total. The first kappa shape index (κ1) is 37.1. The third-order valence-corrected chi connectivity index (χ3v) is 8.21. The SMILES string of the molecule is C=CCNc1nc(Nc2ccc(/C=C/c3ccc(Nc4nc(NCC=C)nc(N(C)C)n4)cc3S(=O)(=O)O)c(S(=O)(=O)O)c2)nc(N(C)C)n1. The number of aromatic nitrogens is 6. The fourth-order valence-electron chi connectivity index (χ4n) is 4.11. The summed E-state index contributed by atoms with van der Waals surface area (Å²) in [5, 5.41) is 11.7. The van der Waals surface area contributed by atoms with Crippen molar-refractivity contribution in [1.82, 2.24) is 29.9 Å². The summed E-state index contributed by atoms with van der Waals surface area (Å²) in [6, 6.07) is 8.12. The smallest absolute Gasteiger partial charge is 0.295 e. The number of benzene rings is 2. The van der Waals surface area contributed by atoms with Crippen molar-refractivity contribution in [1.29, 1.82) is 0 Å². The fraction of sp³-hybridized carbons (Fsp3) is 0.200. The maximum Gasteiger partial charge on any atom is 0.295 e. The first-order valence-corrected chi connectivity index (χ1v) is 17.5. The summed E-state index contributed by atoms with van der Waals surface area (Å²) in [5.74, 6) is 1.30. The summed E-state index contributed by atoms with van der Waals surface area (Å²) in [6.07, 6.45) is 5.81. The van der Waals surface area contributed by atoms with Crippen LogP contribution >= 0.6 is 0 Å². The molecule has 0 fully saturated rings. The zero-order chi connectivity index (χ0) is 36.6. The molecule has 0 unspecified atom stereocenters. The van der Waals surface area contributed by atoms with Crippen molar-refractivity contribution in [2.75, 3.05) is 72.3 Å². The van der Waals surface area contributed by atoms with Gasteiger partial charge in [-0.05, 0) is 35.4 Å². The molecule has 0 saturated heterocycles. The lowest BCUT2D eigenvalue weighted by atomic mass is 10.1. The molecule has 264 valence electrons. The molecule has 20 heteroatoms. The van der Waals surface area contributed by atoms with Crippen LogP contribution in [0.15, 0.2) is 71.5 Å². The van der Waals surface area contributed by atoms with E-state index in [0.29, 0.717) is 25.0 Å². The van der Waals surface area contributed by atoms with Gasteiger partial charge in [0, 0.05) is 52.7 Å². The summed E-state index contributed by atoms with van der Waals surface area (Å²) in [5.41, 5.74) is 0.460. The topological polar surface area (TPSA) is 241 Å². The van der Waals surface area contributed by atoms with Gasteiger partial charge in [0.1, 0.15) is 9.79 Å². The summed E-state index contributed by atoms with van der Waals surface area (Å²) in [4.78, 5) is 28.1. The average molecular weight is 725 g/mol. The van der Waals surface area contributed by atoms with Crippen LogP contribution in [0.2, 0.25) is 0 Å². The van der Waals surface area contributed by atoms with E-state index in [-0.39, 0.29) is 46.3 Å². The second kappa shape index (κ2) is 15.7. The van der Waals surface area contributed by atoms with Crippen LogP contribution in [0.1, 0.15) is 11.1 Å². The minimum atomic E-state index is -4.78. The van der Waals surface area contributed by atoms with Gasteiger partial charge in [-0.25, -0.2) is 0 Å². The largest absolute Gasteiger partial charge is 0.351 e. The second-order valence-electron chi connectivity index (χ2n) is 10.7. The molecule has 4 rings (SSSR count). The molecule has 0 amide bonds. The Kier molecular flexibility index (Phi) is 11.6. The van der Waals surface area contributed by atoms with Crippen LogP contribution < -0.4 is 31.1 Å². The van der Waals surface area contributed by atoms with E-state index >= 15 is 0 Å². The van der Waals surface area contributed by atoms with Crippen molar-refractivity contribution in [2.45, 2.75) is 9.79 Å². The molecule has 0 radical (unpaired) electrons. The van der Waals surface area contributed by atoms with E-state index in [2.05, 4.69) is 64.3 Å². The standard InChI is InChI=1S/C30H36N12O6S2/c1-7-15-31-25-35-27(39-29(37-25)41(3)4)33-21-13-11-19(23(17-21)49(43,44)45)9-10-20-12-14-22(18-24(20)50(46,47)48)34-28-36-26(32-16-8-2)38-30(40-28)42(5)6/h7-14,17-18H,1-2,15-16H2,3-6H3,(H,43,44,45)(H,46,47,48)(H2,31,33,35,37,39)(H2,32,34,36,38,40)/b10-9+. The van der Waals surface area contributed by atoms with Gasteiger partial charge in [0.15, 0.2) is 0 Å². The number of anilines is 8. The van der Waals surface area contributed by atoms with E-state index in [0.717, 1.165) is 12.1 Å². The van der Waals surface area contributed by atoms with Gasteiger partial charge in [-0.15, -0.1) is 13.2 Å². The van der Waals surface area contributed by atoms with Gasteiger partial charge in [0.2, 0.25) is 35.7 Å². The van der Waals surface area contributed by atoms with Gasteiger partial charge in [-0.1, -0.05) is 36.4 Å². The molecule has 0 atom stereocenters. The molecule has 0 saturated carbocycles. The summed E-state index contributed by atoms with van der Waals surface area (Å²) in [6.45, 7) is 8.07. The van der Waals surface area contributed by atoms with Crippen molar-refractivity contribution in [3.8, 4) is 0 Å². The van der Waals surface area contributed by atoms with Crippen molar-refractivity contribution in [3.63, 3.8) is 0 Å². The molecule has 50 heavy (non-hydrogen) atoms. The molecule has 18 nitrogen and oxygen atoms in total. The van der Waals surface area contributed by atoms with E-state index in [1.165, 1.54) is 36.4 Å². The van der Waals surface area contributed by atoms with E-state index < -0.39 is 30.0 Å². The lowest BCUT2D eigenvalue weighted by molar-refractivity contribution is 0.480. The zero-order valence-corrected chi connectivity index (χ0v) is 29.2. The maximum atomic E-state index is 12.4. The minimum Gasteiger partial charge on any atom is -0.351 e. The Labute approximate surface area is 289 Å². The highest BCUT2D eigenvalue weighted by atomic mass is 32.2. The third-order valence-electron chi connectivity index (χ3n) is 6.39. The zero-order valence-electron chi connectivity index (χ0n) is 27.5. The molecule has 0 aliphatic carbocycles. The summed E-state index contributed by atoms with van der Waals surface area (Å²) < 4.78 is 69.9. The molecule has 0 spiro atoms. The number of rotatable bonds is 16. The molecule has 4 aromatic rings. The van der Waals surface area contributed by atoms with E-state index in [9.17, 15) is 25.9 Å². The summed E-state index contributed by atoms with van der Waals surface area (Å²) >= 11 is 0.